The second-order valence-electron chi connectivity index (χ2n) is 35.5. The number of aromatic hydroxyl groups is 2. The Bertz CT molecular complexity index is 4920. The molecule has 39 heteroatoms. The lowest BCUT2D eigenvalue weighted by Crippen LogP contribution is -2.62. The summed E-state index contributed by atoms with van der Waals surface area (Å²) < 4.78 is 7.67. The first kappa shape index (κ1) is 101. The van der Waals surface area contributed by atoms with Gasteiger partial charge in [-0.2, -0.15) is 0 Å². The number of nitrogens with one attached hydrogen (secondary N) is 11. The lowest BCUT2D eigenvalue weighted by Gasteiger charge is -2.39. The zero-order chi connectivity index (χ0) is 95.4. The molecule has 3 fully saturated rings. The Morgan fingerprint density at radius 2 is 1.10 bits per heavy atom. The van der Waals surface area contributed by atoms with E-state index in [-0.39, 0.29) is 138 Å². The third kappa shape index (κ3) is 29.2. The average molecular weight is 1830 g/mol. The number of hydrogen-bond donors (Lipinski definition) is 15. The van der Waals surface area contributed by atoms with Gasteiger partial charge in [-0.15, -0.1) is 5.10 Å². The number of aryl methyl sites for hydroxylation is 1. The summed E-state index contributed by atoms with van der Waals surface area (Å²) in [6.45, 7) is 14.3. The van der Waals surface area contributed by atoms with Crippen molar-refractivity contribution in [2.24, 2.45) is 33.5 Å². The second-order valence-corrected chi connectivity index (χ2v) is 35.5. The zero-order valence-corrected chi connectivity index (χ0v) is 75.9. The van der Waals surface area contributed by atoms with Gasteiger partial charge in [0.1, 0.15) is 90.7 Å². The van der Waals surface area contributed by atoms with Gasteiger partial charge >= 0.3 is 5.97 Å². The SMILES string of the molecule is CC[C@@H](C)[C@@H]1NC(=O)[C@@H]2CCCN2C(=O)[C@H](Cc2ccc(O)cc2)NC(=O)[C@@H](NC(=O)[C@H](CC(=O)O)NC(=O)[C@H](Cc2ccc(O)cc2)NC(=O)[C@H](Cc2ccccc2)NC(=O)[C@H](CC2=NCN=C2)NC(=O)[C@H](Cc2ccccc2)NC(C)=O)CCCn2nncc2COC[C@@H](C(=O)N[C@@H](CC(C)C)C(=O)N[C@@H](CC(C)C)C(=O)N2CCC[C@H]2C(C)N2CCC[C@H]2C(N)=O)NC1=O. The Labute approximate surface area is 766 Å². The molecule has 0 bridgehead atoms. The third-order valence-electron chi connectivity index (χ3n) is 24.5. The maximum Gasteiger partial charge on any atom is 0.305 e. The van der Waals surface area contributed by atoms with Gasteiger partial charge in [0, 0.05) is 77.0 Å². The van der Waals surface area contributed by atoms with E-state index in [0.29, 0.717) is 66.7 Å². The van der Waals surface area contributed by atoms with Gasteiger partial charge in [0.2, 0.25) is 82.7 Å². The Morgan fingerprint density at radius 3 is 1.67 bits per heavy atom. The van der Waals surface area contributed by atoms with E-state index in [9.17, 15) is 48.9 Å². The standard InChI is InChI=1S/C93H126N20O19/c1-9-55(6)80-91(129)107-75(89(127)100-67(40-53(2)3)83(121)105-73(41-54(4)5)92(130)111-37-17-25-76(111)56(7)110-36-18-26-77(110)81(94)119)51-132-50-63-49-97-109-113(63)39-16-24-66(82(120)106-74(45-61-30-34-65(116)35-31-61)93(131)112-38-19-27-78(112)90(128)108-80)99-88(126)72(47-79(117)118)104-86(124)70(44-60-28-32-64(115)33-29-60)101-85(123)69(43-59-22-14-11-15-23-59)102-87(125)71(46-62-48-95-52-96-62)103-84(122)68(98-57(8)114)42-58-20-12-10-13-21-58/h10-15,20-23,28-35,48-49,53-56,66-78,80,115-116H,9,16-19,24-27,36-47,50-52H2,1-8H3,(H2,94,119)(H,98,114)(H,99,126)(H,100,127)(H,101,123)(H,102,125)(H,103,122)(H,104,124)(H,105,121)(H,106,120)(H,107,129)(H,108,128)(H,117,118)/t55-,56?,66+,67+,68+,69+,70+,71+,72+,73+,74+,75+,76+,77+,78+,80+/m1/s1. The van der Waals surface area contributed by atoms with Crippen LogP contribution in [0.1, 0.15) is 167 Å². The normalized spacial score (nSPS) is 21.4. The Balaban J connectivity index is 0.928. The number of primary amides is 1. The molecule has 712 valence electrons. The number of phenolic OH excluding ortho intramolecular Hbond substituents is 2. The Morgan fingerprint density at radius 1 is 0.561 bits per heavy atom. The third-order valence-corrected chi connectivity index (χ3v) is 24.5. The number of hydrogen-bond acceptors (Lipinski definition) is 23. The lowest BCUT2D eigenvalue weighted by atomic mass is 9.97. The van der Waals surface area contributed by atoms with Gasteiger partial charge in [0.15, 0.2) is 0 Å². The van der Waals surface area contributed by atoms with E-state index in [4.69, 9.17) is 10.5 Å². The highest BCUT2D eigenvalue weighted by Crippen LogP contribution is 2.31. The largest absolute Gasteiger partial charge is 0.508 e. The number of carbonyl (C=O) groups is 15. The molecule has 1 unspecified atom stereocenters. The average Bonchev–Trinajstić information content (AvgIpc) is 1.62. The molecule has 14 amide bonds. The Hall–Kier alpha value is -13.1. The van der Waals surface area contributed by atoms with Gasteiger partial charge in [-0.25, -0.2) is 4.68 Å². The number of aliphatic imine (C=N–C) groups is 2. The van der Waals surface area contributed by atoms with Crippen LogP contribution in [0.4, 0.5) is 0 Å². The van der Waals surface area contributed by atoms with Crippen molar-refractivity contribution in [3.05, 3.63) is 143 Å². The number of fused-ring (bicyclic) bond motifs is 2. The number of nitrogens with zero attached hydrogens (tertiary/aromatic N) is 8. The summed E-state index contributed by atoms with van der Waals surface area (Å²) in [4.78, 5) is 233. The number of carboxylic acids is 1. The molecule has 0 spiro atoms. The molecule has 5 aliphatic heterocycles. The zero-order valence-electron chi connectivity index (χ0n) is 75.9. The van der Waals surface area contributed by atoms with Gasteiger partial charge in [-0.1, -0.05) is 138 Å². The number of aliphatic carboxylic acids is 1. The highest BCUT2D eigenvalue weighted by atomic mass is 16.5. The van der Waals surface area contributed by atoms with Crippen LogP contribution in [0, 0.1) is 17.8 Å². The van der Waals surface area contributed by atoms with E-state index >= 15 is 38.4 Å². The lowest BCUT2D eigenvalue weighted by molar-refractivity contribution is -0.143. The van der Waals surface area contributed by atoms with Crippen molar-refractivity contribution in [1.82, 2.24) is 88.2 Å². The number of ether oxygens (including phenoxy) is 1. The van der Waals surface area contributed by atoms with E-state index in [2.05, 4.69) is 83.7 Å². The number of phenols is 2. The first-order valence-electron chi connectivity index (χ1n) is 45.4. The first-order chi connectivity index (χ1) is 63.1. The number of nitrogens with two attached hydrogens (primary N) is 1. The van der Waals surface area contributed by atoms with Crippen LogP contribution in [0.15, 0.2) is 125 Å². The number of likely N-dealkylation sites (tertiary alicyclic amines) is 2. The molecule has 6 heterocycles. The molecular weight excluding hydrogens is 1700 g/mol. The van der Waals surface area contributed by atoms with E-state index < -0.39 is 187 Å². The number of aromatic nitrogens is 3. The van der Waals surface area contributed by atoms with Gasteiger partial charge in [-0.3, -0.25) is 86.8 Å². The van der Waals surface area contributed by atoms with Crippen molar-refractivity contribution >= 4 is 101 Å². The van der Waals surface area contributed by atoms with Crippen LogP contribution in [-0.4, -0.2) is 269 Å². The first-order valence-corrected chi connectivity index (χ1v) is 45.4. The molecule has 10 rings (SSSR count). The maximum atomic E-state index is 15.5. The maximum absolute atomic E-state index is 15.5. The monoisotopic (exact) mass is 1830 g/mol. The summed E-state index contributed by atoms with van der Waals surface area (Å²) in [5.74, 6) is -14.2. The van der Waals surface area contributed by atoms with Crippen LogP contribution < -0.4 is 64.2 Å². The highest BCUT2D eigenvalue weighted by Gasteiger charge is 2.46. The number of carboxylic acid groups (broad SMARTS) is 1. The predicted molar refractivity (Wildman–Crippen MR) is 484 cm³/mol. The van der Waals surface area contributed by atoms with Gasteiger partial charge in [0.05, 0.1) is 43.3 Å². The van der Waals surface area contributed by atoms with E-state index in [0.717, 1.165) is 6.42 Å². The number of amides is 14. The molecule has 3 saturated heterocycles. The van der Waals surface area contributed by atoms with Gasteiger partial charge in [-0.05, 0) is 142 Å². The molecule has 16 atom stereocenters. The van der Waals surface area contributed by atoms with Crippen LogP contribution in [0.2, 0.25) is 0 Å². The number of rotatable bonds is 37. The molecule has 132 heavy (non-hydrogen) atoms. The molecule has 0 saturated carbocycles. The molecule has 5 aromatic rings. The summed E-state index contributed by atoms with van der Waals surface area (Å²) in [5, 5.41) is 69.9. The molecule has 16 N–H and O–H groups in total. The minimum absolute atomic E-state index is 0.0266. The second kappa shape index (κ2) is 48.7. The van der Waals surface area contributed by atoms with Crippen LogP contribution in [0.25, 0.3) is 0 Å². The van der Waals surface area contributed by atoms with Crippen LogP contribution >= 0.6 is 0 Å². The van der Waals surface area contributed by atoms with E-state index in [1.165, 1.54) is 77.4 Å². The smallest absolute Gasteiger partial charge is 0.305 e. The van der Waals surface area contributed by atoms with Crippen molar-refractivity contribution < 1.29 is 92.0 Å². The molecule has 0 radical (unpaired) electrons. The fourth-order valence-corrected chi connectivity index (χ4v) is 17.4. The minimum Gasteiger partial charge on any atom is -0.508 e. The summed E-state index contributed by atoms with van der Waals surface area (Å²) >= 11 is 0. The van der Waals surface area contributed by atoms with Crippen molar-refractivity contribution in [3.63, 3.8) is 0 Å². The number of benzene rings is 4. The summed E-state index contributed by atoms with van der Waals surface area (Å²) in [7, 11) is 0. The van der Waals surface area contributed by atoms with Crippen molar-refractivity contribution in [2.75, 3.05) is 32.9 Å². The summed E-state index contributed by atoms with van der Waals surface area (Å²) in [6, 6.07) is 9.59. The van der Waals surface area contributed by atoms with Gasteiger partial charge < -0.3 is 94.1 Å². The predicted octanol–water partition coefficient (Wildman–Crippen LogP) is 1.13. The Kier molecular flexibility index (Phi) is 37.3. The van der Waals surface area contributed by atoms with Crippen LogP contribution in [0.3, 0.4) is 0 Å². The fraction of sp³-hybridized carbons (Fsp3) is 0.538. The fourth-order valence-electron chi connectivity index (χ4n) is 17.4. The van der Waals surface area contributed by atoms with E-state index in [1.54, 1.807) is 79.4 Å². The molecule has 0 aliphatic carbocycles. The minimum atomic E-state index is -2.06. The molecule has 39 nitrogen and oxygen atoms in total. The van der Waals surface area contributed by atoms with E-state index in [1.807, 2.05) is 34.6 Å². The quantitative estimate of drug-likeness (QED) is 0.0265. The van der Waals surface area contributed by atoms with Crippen molar-refractivity contribution in [1.29, 1.82) is 0 Å². The summed E-state index contributed by atoms with van der Waals surface area (Å²) in [5.41, 5.74) is 8.37. The molecular formula is C93H126N20O19. The molecule has 5 aliphatic rings. The van der Waals surface area contributed by atoms with Crippen molar-refractivity contribution in [2.45, 2.75) is 268 Å². The molecule has 4 aromatic carbocycles. The summed E-state index contributed by atoms with van der Waals surface area (Å²) in [6.07, 6.45) is 3.77. The van der Waals surface area contributed by atoms with Gasteiger partial charge in [0.25, 0.3) is 0 Å². The molecule has 1 aromatic heterocycles. The highest BCUT2D eigenvalue weighted by molar-refractivity contribution is 6.32. The van der Waals surface area contributed by atoms with Crippen molar-refractivity contribution in [3.8, 4) is 11.5 Å². The number of carbonyl (C=O) groups excluding carboxylic acids is 14. The topological polar surface area (TPSA) is 549 Å². The van der Waals surface area contributed by atoms with Crippen LogP contribution in [0.5, 0.6) is 11.5 Å². The van der Waals surface area contributed by atoms with Crippen LogP contribution in [-0.2, 0) is 115 Å².